The molecule has 1 unspecified atom stereocenters. The van der Waals surface area contributed by atoms with E-state index in [4.69, 9.17) is 16.3 Å². The molecule has 182 valence electrons. The number of halogens is 4. The third-order valence-electron chi connectivity index (χ3n) is 5.30. The minimum Gasteiger partial charge on any atom is -0.457 e. The fourth-order valence-electron chi connectivity index (χ4n) is 3.55. The molecule has 0 saturated carbocycles. The average Bonchev–Trinajstić information content (AvgIpc) is 3.18. The Morgan fingerprint density at radius 3 is 2.54 bits per heavy atom. The number of carbonyl (C=O) groups excluding carboxylic acids is 1. The highest BCUT2D eigenvalue weighted by molar-refractivity contribution is 6.30. The molecular weight excluding hydrogens is 483 g/mol. The van der Waals surface area contributed by atoms with Crippen LogP contribution in [0.4, 0.5) is 13.2 Å². The molecule has 0 radical (unpaired) electrons. The lowest BCUT2D eigenvalue weighted by atomic mass is 10.1. The summed E-state index contributed by atoms with van der Waals surface area (Å²) in [5.74, 6) is -1.59. The van der Waals surface area contributed by atoms with Gasteiger partial charge in [-0.2, -0.15) is 5.10 Å². The van der Waals surface area contributed by atoms with E-state index in [0.717, 1.165) is 0 Å². The first-order valence-electron chi connectivity index (χ1n) is 10.8. The summed E-state index contributed by atoms with van der Waals surface area (Å²) in [6.45, 7) is 4.73. The van der Waals surface area contributed by atoms with Crippen LogP contribution in [-0.4, -0.2) is 30.7 Å². The summed E-state index contributed by atoms with van der Waals surface area (Å²) >= 11 is 6.32. The Morgan fingerprint density at radius 2 is 1.86 bits per heavy atom. The van der Waals surface area contributed by atoms with Gasteiger partial charge in [0, 0.05) is 11.8 Å². The standard InChI is InChI=1S/C24H21ClF3N5O2/c1-12(2)24(34)35-13(3)17-19(21(27)28)30-22(31-20(17)25)18-15-8-6-10-29-23(15)33(32-18)11-14-7-4-5-9-16(14)26/h4-10,12-13,21H,11H2,1-3H3. The van der Waals surface area contributed by atoms with Gasteiger partial charge in [0.15, 0.2) is 11.5 Å². The van der Waals surface area contributed by atoms with Gasteiger partial charge in [-0.05, 0) is 25.1 Å². The highest BCUT2D eigenvalue weighted by Gasteiger charge is 2.29. The van der Waals surface area contributed by atoms with Gasteiger partial charge < -0.3 is 4.74 Å². The Bertz CT molecular complexity index is 1390. The molecule has 0 N–H and O–H groups in total. The van der Waals surface area contributed by atoms with Gasteiger partial charge in [-0.1, -0.05) is 43.6 Å². The molecule has 0 amide bonds. The molecule has 0 bridgehead atoms. The first-order valence-corrected chi connectivity index (χ1v) is 11.2. The highest BCUT2D eigenvalue weighted by Crippen LogP contribution is 2.35. The van der Waals surface area contributed by atoms with Gasteiger partial charge in [0.25, 0.3) is 6.43 Å². The van der Waals surface area contributed by atoms with Crippen molar-refractivity contribution >= 4 is 28.6 Å². The summed E-state index contributed by atoms with van der Waals surface area (Å²) in [6, 6.07) is 9.55. The van der Waals surface area contributed by atoms with Crippen LogP contribution in [0, 0.1) is 11.7 Å². The molecule has 0 fully saturated rings. The quantitative estimate of drug-likeness (QED) is 0.230. The maximum atomic E-state index is 14.2. The van der Waals surface area contributed by atoms with Gasteiger partial charge in [-0.15, -0.1) is 0 Å². The number of aromatic nitrogens is 5. The molecule has 4 aromatic rings. The molecule has 0 aliphatic rings. The molecule has 0 saturated heterocycles. The summed E-state index contributed by atoms with van der Waals surface area (Å²) in [6.07, 6.45) is -2.57. The van der Waals surface area contributed by atoms with Crippen LogP contribution in [0.5, 0.6) is 0 Å². The summed E-state index contributed by atoms with van der Waals surface area (Å²) in [5, 5.41) is 4.65. The minimum absolute atomic E-state index is 0.0515. The van der Waals surface area contributed by atoms with Crippen LogP contribution in [-0.2, 0) is 16.1 Å². The predicted octanol–water partition coefficient (Wildman–Crippen LogP) is 5.93. The molecule has 4 rings (SSSR count). The smallest absolute Gasteiger partial charge is 0.308 e. The van der Waals surface area contributed by atoms with Crippen LogP contribution in [0.25, 0.3) is 22.6 Å². The van der Waals surface area contributed by atoms with Gasteiger partial charge >= 0.3 is 5.97 Å². The van der Waals surface area contributed by atoms with Gasteiger partial charge in [-0.25, -0.2) is 32.8 Å². The van der Waals surface area contributed by atoms with Crippen LogP contribution in [0.1, 0.15) is 50.1 Å². The second kappa shape index (κ2) is 9.99. The highest BCUT2D eigenvalue weighted by atomic mass is 35.5. The third-order valence-corrected chi connectivity index (χ3v) is 5.59. The third kappa shape index (κ3) is 4.97. The van der Waals surface area contributed by atoms with Crippen molar-refractivity contribution in [3.8, 4) is 11.5 Å². The molecule has 0 aliphatic heterocycles. The van der Waals surface area contributed by atoms with Gasteiger partial charge in [0.05, 0.1) is 23.4 Å². The first-order chi connectivity index (χ1) is 16.7. The Morgan fingerprint density at radius 1 is 1.11 bits per heavy atom. The molecule has 11 heteroatoms. The lowest BCUT2D eigenvalue weighted by Gasteiger charge is -2.19. The number of hydrogen-bond donors (Lipinski definition) is 0. The molecule has 0 aliphatic carbocycles. The van der Waals surface area contributed by atoms with Crippen LogP contribution < -0.4 is 0 Å². The van der Waals surface area contributed by atoms with E-state index in [2.05, 4.69) is 20.1 Å². The number of carbonyl (C=O) groups is 1. The van der Waals surface area contributed by atoms with Crippen LogP contribution >= 0.6 is 11.6 Å². The normalized spacial score (nSPS) is 12.5. The lowest BCUT2D eigenvalue weighted by Crippen LogP contribution is -2.17. The van der Waals surface area contributed by atoms with Gasteiger partial charge in [-0.3, -0.25) is 4.79 Å². The van der Waals surface area contributed by atoms with Crippen LogP contribution in [0.2, 0.25) is 5.15 Å². The van der Waals surface area contributed by atoms with E-state index in [1.807, 2.05) is 0 Å². The summed E-state index contributed by atoms with van der Waals surface area (Å²) in [5.41, 5.74) is 0.0915. The maximum absolute atomic E-state index is 14.2. The van der Waals surface area contributed by atoms with Crippen molar-refractivity contribution in [3.05, 3.63) is 70.4 Å². The number of ether oxygens (including phenoxy) is 1. The van der Waals surface area contributed by atoms with E-state index in [0.29, 0.717) is 16.6 Å². The van der Waals surface area contributed by atoms with E-state index in [1.165, 1.54) is 23.9 Å². The van der Waals surface area contributed by atoms with E-state index in [-0.39, 0.29) is 28.8 Å². The Labute approximate surface area is 203 Å². The molecule has 7 nitrogen and oxygen atoms in total. The van der Waals surface area contributed by atoms with Crippen molar-refractivity contribution in [2.24, 2.45) is 5.92 Å². The number of benzene rings is 1. The van der Waals surface area contributed by atoms with Crippen molar-refractivity contribution in [1.29, 1.82) is 0 Å². The van der Waals surface area contributed by atoms with Crippen LogP contribution in [0.15, 0.2) is 42.6 Å². The molecular formula is C24H21ClF3N5O2. The van der Waals surface area contributed by atoms with Crippen molar-refractivity contribution in [2.45, 2.75) is 39.8 Å². The second-order valence-electron chi connectivity index (χ2n) is 8.14. The first kappa shape index (κ1) is 24.6. The topological polar surface area (TPSA) is 82.8 Å². The molecule has 0 spiro atoms. The van der Waals surface area contributed by atoms with E-state index < -0.39 is 35.9 Å². The summed E-state index contributed by atoms with van der Waals surface area (Å²) < 4.78 is 49.0. The zero-order valence-corrected chi connectivity index (χ0v) is 19.8. The lowest BCUT2D eigenvalue weighted by molar-refractivity contribution is -0.152. The number of fused-ring (bicyclic) bond motifs is 1. The van der Waals surface area contributed by atoms with E-state index >= 15 is 0 Å². The molecule has 1 aromatic carbocycles. The number of hydrogen-bond acceptors (Lipinski definition) is 6. The fraction of sp³-hybridized carbons (Fsp3) is 0.292. The molecule has 1 atom stereocenters. The zero-order chi connectivity index (χ0) is 25.3. The molecule has 35 heavy (non-hydrogen) atoms. The fourth-order valence-corrected chi connectivity index (χ4v) is 3.88. The number of pyridine rings is 1. The number of nitrogens with zero attached hydrogens (tertiary/aromatic N) is 5. The number of esters is 1. The Balaban J connectivity index is 1.81. The monoisotopic (exact) mass is 503 g/mol. The van der Waals surface area contributed by atoms with E-state index in [9.17, 15) is 18.0 Å². The van der Waals surface area contributed by atoms with Gasteiger partial charge in [0.2, 0.25) is 0 Å². The van der Waals surface area contributed by atoms with Crippen molar-refractivity contribution in [2.75, 3.05) is 0 Å². The van der Waals surface area contributed by atoms with Crippen LogP contribution in [0.3, 0.4) is 0 Å². The average molecular weight is 504 g/mol. The van der Waals surface area contributed by atoms with Crippen molar-refractivity contribution < 1.29 is 22.7 Å². The number of alkyl halides is 2. The number of rotatable bonds is 7. The largest absolute Gasteiger partial charge is 0.457 e. The zero-order valence-electron chi connectivity index (χ0n) is 19.0. The van der Waals surface area contributed by atoms with Gasteiger partial charge in [0.1, 0.15) is 28.5 Å². The molecule has 3 aromatic heterocycles. The predicted molar refractivity (Wildman–Crippen MR) is 123 cm³/mol. The second-order valence-corrected chi connectivity index (χ2v) is 8.50. The Kier molecular flexibility index (Phi) is 7.02. The SMILES string of the molecule is CC(C)C(=O)OC(C)c1c(Cl)nc(-c2nn(Cc3ccccc3F)c3ncccc23)nc1C(F)F. The summed E-state index contributed by atoms with van der Waals surface area (Å²) in [4.78, 5) is 24.6. The Hall–Kier alpha value is -3.53. The van der Waals surface area contributed by atoms with E-state index in [1.54, 1.807) is 44.2 Å². The molecule has 3 heterocycles. The summed E-state index contributed by atoms with van der Waals surface area (Å²) in [7, 11) is 0. The maximum Gasteiger partial charge on any atom is 0.308 e. The van der Waals surface area contributed by atoms with Crippen molar-refractivity contribution in [1.82, 2.24) is 24.7 Å². The van der Waals surface area contributed by atoms with Crippen molar-refractivity contribution in [3.63, 3.8) is 0 Å². The minimum atomic E-state index is -3.02.